The molecule has 34 heavy (non-hydrogen) atoms. The van der Waals surface area contributed by atoms with E-state index in [0.717, 1.165) is 24.0 Å². The maximum absolute atomic E-state index is 13.4. The monoisotopic (exact) mass is 470 g/mol. The van der Waals surface area contributed by atoms with Gasteiger partial charge in [0.25, 0.3) is 0 Å². The van der Waals surface area contributed by atoms with Gasteiger partial charge in [-0.05, 0) is 53.2 Å². The Bertz CT molecular complexity index is 891. The standard InChI is InChI=1S/C29H42O5/c1-18(2)22-13-24(19(3)4)26(25(14-22)20(5)6)28(32)33-17-29(16-30)15-23(27(31)34-29)12-21-10-8-7-9-11-21/h12-14,18-21,30H,7-11,15-17H2,1-6H3/b23-12-. The van der Waals surface area contributed by atoms with Crippen LogP contribution in [0.3, 0.4) is 0 Å². The van der Waals surface area contributed by atoms with E-state index in [9.17, 15) is 14.7 Å². The Morgan fingerprint density at radius 1 is 1.06 bits per heavy atom. The number of hydrogen-bond donors (Lipinski definition) is 1. The maximum Gasteiger partial charge on any atom is 0.338 e. The lowest BCUT2D eigenvalue weighted by Gasteiger charge is -2.26. The molecule has 1 aliphatic carbocycles. The van der Waals surface area contributed by atoms with E-state index in [1.54, 1.807) is 0 Å². The fourth-order valence-electron chi connectivity index (χ4n) is 5.10. The van der Waals surface area contributed by atoms with E-state index in [0.29, 0.717) is 23.0 Å². The van der Waals surface area contributed by atoms with Crippen LogP contribution in [-0.4, -0.2) is 35.9 Å². The van der Waals surface area contributed by atoms with Gasteiger partial charge in [-0.3, -0.25) is 0 Å². The molecule has 0 amide bonds. The predicted octanol–water partition coefficient (Wildman–Crippen LogP) is 6.40. The van der Waals surface area contributed by atoms with Gasteiger partial charge in [0, 0.05) is 12.0 Å². The van der Waals surface area contributed by atoms with E-state index < -0.39 is 17.5 Å². The average Bonchev–Trinajstić information content (AvgIpc) is 3.12. The quantitative estimate of drug-likeness (QED) is 0.352. The number of hydrogen-bond acceptors (Lipinski definition) is 5. The smallest absolute Gasteiger partial charge is 0.338 e. The minimum absolute atomic E-state index is 0.153. The van der Waals surface area contributed by atoms with Crippen LogP contribution in [0.25, 0.3) is 0 Å². The van der Waals surface area contributed by atoms with Gasteiger partial charge in [0.1, 0.15) is 6.61 Å². The van der Waals surface area contributed by atoms with Crippen LogP contribution in [-0.2, 0) is 14.3 Å². The number of cyclic esters (lactones) is 1. The van der Waals surface area contributed by atoms with E-state index in [1.807, 2.05) is 6.08 Å². The molecule has 0 aromatic heterocycles. The molecule has 1 aliphatic heterocycles. The van der Waals surface area contributed by atoms with Gasteiger partial charge in [0.05, 0.1) is 12.2 Å². The average molecular weight is 471 g/mol. The molecule has 1 atom stereocenters. The first-order valence-corrected chi connectivity index (χ1v) is 13.0. The van der Waals surface area contributed by atoms with Gasteiger partial charge in [-0.15, -0.1) is 0 Å². The third kappa shape index (κ3) is 5.91. The molecule has 0 spiro atoms. The summed E-state index contributed by atoms with van der Waals surface area (Å²) in [5.74, 6) is 0.221. The SMILES string of the molecule is CC(C)c1cc(C(C)C)c(C(=O)OCC2(CO)C/C(=C/C3CCCCC3)C(=O)O2)c(C(C)C)c1. The van der Waals surface area contributed by atoms with Gasteiger partial charge in [0.15, 0.2) is 5.60 Å². The Balaban J connectivity index is 1.83. The molecule has 1 heterocycles. The number of rotatable bonds is 8. The first-order valence-electron chi connectivity index (χ1n) is 13.0. The van der Waals surface area contributed by atoms with Crippen molar-refractivity contribution < 1.29 is 24.2 Å². The van der Waals surface area contributed by atoms with Crippen molar-refractivity contribution in [2.45, 2.75) is 103 Å². The van der Waals surface area contributed by atoms with Gasteiger partial charge in [0.2, 0.25) is 0 Å². The van der Waals surface area contributed by atoms with Crippen molar-refractivity contribution in [3.05, 3.63) is 46.0 Å². The normalized spacial score (nSPS) is 22.8. The third-order valence-electron chi connectivity index (χ3n) is 7.26. The van der Waals surface area contributed by atoms with Crippen LogP contribution >= 0.6 is 0 Å². The van der Waals surface area contributed by atoms with E-state index in [2.05, 4.69) is 53.7 Å². The highest BCUT2D eigenvalue weighted by Gasteiger charge is 2.45. The van der Waals surface area contributed by atoms with E-state index in [4.69, 9.17) is 9.47 Å². The second-order valence-electron chi connectivity index (χ2n) is 11.1. The van der Waals surface area contributed by atoms with Crippen molar-refractivity contribution in [2.75, 3.05) is 13.2 Å². The summed E-state index contributed by atoms with van der Waals surface area (Å²) in [4.78, 5) is 26.0. The van der Waals surface area contributed by atoms with Crippen LogP contribution < -0.4 is 0 Å². The Morgan fingerprint density at radius 3 is 2.15 bits per heavy atom. The second kappa shape index (κ2) is 11.1. The molecule has 5 heteroatoms. The summed E-state index contributed by atoms with van der Waals surface area (Å²) in [5, 5.41) is 10.1. The van der Waals surface area contributed by atoms with Crippen LogP contribution in [0, 0.1) is 5.92 Å². The topological polar surface area (TPSA) is 72.8 Å². The number of carbonyl (C=O) groups is 2. The van der Waals surface area contributed by atoms with Crippen molar-refractivity contribution in [2.24, 2.45) is 5.92 Å². The number of carbonyl (C=O) groups excluding carboxylic acids is 2. The Kier molecular flexibility index (Phi) is 8.62. The van der Waals surface area contributed by atoms with Gasteiger partial charge >= 0.3 is 11.9 Å². The lowest BCUT2D eigenvalue weighted by Crippen LogP contribution is -2.39. The number of esters is 2. The molecule has 1 saturated carbocycles. The van der Waals surface area contributed by atoms with Crippen molar-refractivity contribution in [1.29, 1.82) is 0 Å². The maximum atomic E-state index is 13.4. The molecule has 1 aromatic rings. The van der Waals surface area contributed by atoms with E-state index >= 15 is 0 Å². The first kappa shape index (κ1) is 26.5. The Morgan fingerprint density at radius 2 is 1.65 bits per heavy atom. The molecule has 5 nitrogen and oxygen atoms in total. The predicted molar refractivity (Wildman–Crippen MR) is 134 cm³/mol. The number of allylic oxidation sites excluding steroid dienone is 1. The summed E-state index contributed by atoms with van der Waals surface area (Å²) in [6, 6.07) is 4.22. The first-order chi connectivity index (χ1) is 16.1. The summed E-state index contributed by atoms with van der Waals surface area (Å²) >= 11 is 0. The molecule has 0 radical (unpaired) electrons. The van der Waals surface area contributed by atoms with E-state index in [1.165, 1.54) is 24.8 Å². The molecule has 2 aliphatic rings. The number of aliphatic hydroxyl groups is 1. The molecule has 0 bridgehead atoms. The van der Waals surface area contributed by atoms with Gasteiger partial charge in [-0.1, -0.05) is 79.0 Å². The number of aliphatic hydroxyl groups excluding tert-OH is 1. The van der Waals surface area contributed by atoms with Crippen LogP contribution in [0.5, 0.6) is 0 Å². The zero-order chi connectivity index (χ0) is 25.0. The molecular formula is C29H42O5. The molecule has 1 N–H and O–H groups in total. The molecular weight excluding hydrogens is 428 g/mol. The highest BCUT2D eigenvalue weighted by atomic mass is 16.6. The van der Waals surface area contributed by atoms with Crippen molar-refractivity contribution in [1.82, 2.24) is 0 Å². The van der Waals surface area contributed by atoms with Crippen molar-refractivity contribution in [3.63, 3.8) is 0 Å². The summed E-state index contributed by atoms with van der Waals surface area (Å²) in [6.45, 7) is 12.1. The minimum Gasteiger partial charge on any atom is -0.458 e. The molecule has 188 valence electrons. The van der Waals surface area contributed by atoms with Crippen molar-refractivity contribution in [3.8, 4) is 0 Å². The molecule has 1 saturated heterocycles. The Hall–Kier alpha value is -2.14. The zero-order valence-electron chi connectivity index (χ0n) is 21.8. The van der Waals surface area contributed by atoms with E-state index in [-0.39, 0.29) is 31.5 Å². The van der Waals surface area contributed by atoms with Crippen LogP contribution in [0.4, 0.5) is 0 Å². The fourth-order valence-corrected chi connectivity index (χ4v) is 5.10. The van der Waals surface area contributed by atoms with Crippen LogP contribution in [0.2, 0.25) is 0 Å². The highest BCUT2D eigenvalue weighted by Crippen LogP contribution is 2.36. The summed E-state index contributed by atoms with van der Waals surface area (Å²) in [6.07, 6.45) is 8.07. The molecule has 1 aromatic carbocycles. The van der Waals surface area contributed by atoms with Crippen LogP contribution in [0.15, 0.2) is 23.8 Å². The minimum atomic E-state index is -1.21. The number of ether oxygens (including phenoxy) is 2. The lowest BCUT2D eigenvalue weighted by molar-refractivity contribution is -0.154. The summed E-state index contributed by atoms with van der Waals surface area (Å²) in [7, 11) is 0. The summed E-state index contributed by atoms with van der Waals surface area (Å²) < 4.78 is 11.4. The Labute approximate surface area is 204 Å². The molecule has 3 rings (SSSR count). The summed E-state index contributed by atoms with van der Waals surface area (Å²) in [5.41, 5.74) is 3.14. The van der Waals surface area contributed by atoms with Gasteiger partial charge < -0.3 is 14.6 Å². The van der Waals surface area contributed by atoms with Crippen molar-refractivity contribution >= 4 is 11.9 Å². The number of benzene rings is 1. The molecule has 2 fully saturated rings. The molecule has 1 unspecified atom stereocenters. The van der Waals surface area contributed by atoms with Gasteiger partial charge in [-0.2, -0.15) is 0 Å². The fraction of sp³-hybridized carbons (Fsp3) is 0.655. The lowest BCUT2D eigenvalue weighted by atomic mass is 9.84. The largest absolute Gasteiger partial charge is 0.458 e. The van der Waals surface area contributed by atoms with Gasteiger partial charge in [-0.25, -0.2) is 9.59 Å². The second-order valence-corrected chi connectivity index (χ2v) is 11.1. The third-order valence-corrected chi connectivity index (χ3v) is 7.26. The highest BCUT2D eigenvalue weighted by molar-refractivity contribution is 5.94. The van der Waals surface area contributed by atoms with Crippen LogP contribution in [0.1, 0.15) is 125 Å². The zero-order valence-corrected chi connectivity index (χ0v) is 21.8.